The average molecular weight is 335 g/mol. The minimum atomic E-state index is 0.392. The molecule has 1 N–H and O–H groups in total. The fraction of sp³-hybridized carbons (Fsp3) is 0.364. The molecule has 0 radical (unpaired) electrons. The molecule has 0 aromatic carbocycles. The van der Waals surface area contributed by atoms with Gasteiger partial charge in [0.25, 0.3) is 0 Å². The molecule has 2 heterocycles. The van der Waals surface area contributed by atoms with E-state index in [9.17, 15) is 0 Å². The van der Waals surface area contributed by atoms with Crippen LogP contribution in [-0.4, -0.2) is 15.6 Å². The second-order valence-electron chi connectivity index (χ2n) is 3.88. The fourth-order valence-corrected chi connectivity index (χ4v) is 3.27. The number of rotatable bonds is 5. The van der Waals surface area contributed by atoms with E-state index in [2.05, 4.69) is 43.8 Å². The molecule has 6 heteroatoms. The van der Waals surface area contributed by atoms with E-state index in [0.29, 0.717) is 6.04 Å². The van der Waals surface area contributed by atoms with Gasteiger partial charge in [0, 0.05) is 40.9 Å². The molecule has 2 aromatic rings. The van der Waals surface area contributed by atoms with Crippen molar-refractivity contribution in [3.8, 4) is 0 Å². The van der Waals surface area contributed by atoms with E-state index in [1.807, 2.05) is 12.5 Å². The van der Waals surface area contributed by atoms with Gasteiger partial charge in [0.05, 0.1) is 6.33 Å². The average Bonchev–Trinajstić information content (AvgIpc) is 2.87. The molecule has 0 aliphatic rings. The lowest BCUT2D eigenvalue weighted by atomic mass is 10.3. The minimum Gasteiger partial charge on any atom is -0.336 e. The van der Waals surface area contributed by atoms with Crippen molar-refractivity contribution < 1.29 is 0 Å². The molecule has 0 aliphatic heterocycles. The van der Waals surface area contributed by atoms with Crippen LogP contribution in [0.3, 0.4) is 0 Å². The quantitative estimate of drug-likeness (QED) is 0.906. The molecule has 0 aliphatic carbocycles. The highest BCUT2D eigenvalue weighted by atomic mass is 79.9. The second-order valence-corrected chi connectivity index (χ2v) is 6.47. The molecule has 2 aromatic heterocycles. The molecule has 2 rings (SSSR count). The molecule has 0 spiro atoms. The van der Waals surface area contributed by atoms with Crippen molar-refractivity contribution in [3.05, 3.63) is 38.5 Å². The monoisotopic (exact) mass is 333 g/mol. The number of hydrogen-bond acceptors (Lipinski definition) is 3. The van der Waals surface area contributed by atoms with E-state index in [0.717, 1.165) is 21.9 Å². The van der Waals surface area contributed by atoms with Crippen molar-refractivity contribution in [2.45, 2.75) is 26.1 Å². The molecule has 0 bridgehead atoms. The zero-order valence-electron chi connectivity index (χ0n) is 9.36. The zero-order valence-corrected chi connectivity index (χ0v) is 12.5. The second kappa shape index (κ2) is 6.00. The van der Waals surface area contributed by atoms with Gasteiger partial charge in [-0.3, -0.25) is 0 Å². The van der Waals surface area contributed by atoms with Crippen molar-refractivity contribution >= 4 is 38.9 Å². The van der Waals surface area contributed by atoms with Gasteiger partial charge in [-0.15, -0.1) is 11.3 Å². The zero-order chi connectivity index (χ0) is 12.3. The summed E-state index contributed by atoms with van der Waals surface area (Å²) in [5.41, 5.74) is 0. The molecule has 0 amide bonds. The summed E-state index contributed by atoms with van der Waals surface area (Å²) in [6.45, 7) is 3.91. The predicted octanol–water partition coefficient (Wildman–Crippen LogP) is 3.54. The van der Waals surface area contributed by atoms with E-state index in [1.165, 1.54) is 4.88 Å². The lowest BCUT2D eigenvalue weighted by Crippen LogP contribution is -2.29. The fourth-order valence-electron chi connectivity index (χ4n) is 1.53. The van der Waals surface area contributed by atoms with Gasteiger partial charge in [-0.1, -0.05) is 11.6 Å². The molecular weight excluding hydrogens is 322 g/mol. The number of aromatic nitrogens is 2. The molecule has 0 saturated carbocycles. The Morgan fingerprint density at radius 1 is 1.65 bits per heavy atom. The van der Waals surface area contributed by atoms with Gasteiger partial charge >= 0.3 is 0 Å². The van der Waals surface area contributed by atoms with Crippen LogP contribution in [0.4, 0.5) is 0 Å². The van der Waals surface area contributed by atoms with E-state index in [-0.39, 0.29) is 0 Å². The van der Waals surface area contributed by atoms with Crippen LogP contribution in [0.5, 0.6) is 0 Å². The van der Waals surface area contributed by atoms with Gasteiger partial charge in [-0.05, 0) is 28.9 Å². The van der Waals surface area contributed by atoms with Crippen LogP contribution < -0.4 is 5.32 Å². The number of halogens is 2. The summed E-state index contributed by atoms with van der Waals surface area (Å²) in [6, 6.07) is 2.45. The Labute approximate surface area is 118 Å². The van der Waals surface area contributed by atoms with Gasteiger partial charge < -0.3 is 9.88 Å². The molecule has 0 saturated heterocycles. The van der Waals surface area contributed by atoms with Crippen LogP contribution in [0.1, 0.15) is 11.8 Å². The SMILES string of the molecule is CC(Cn1ccnc1)NCc1cc(Br)c(Cl)s1. The van der Waals surface area contributed by atoms with E-state index >= 15 is 0 Å². The van der Waals surface area contributed by atoms with Crippen molar-refractivity contribution in [2.24, 2.45) is 0 Å². The highest BCUT2D eigenvalue weighted by Gasteiger charge is 2.06. The molecule has 92 valence electrons. The van der Waals surface area contributed by atoms with E-state index in [1.54, 1.807) is 17.5 Å². The lowest BCUT2D eigenvalue weighted by molar-refractivity contribution is 0.478. The third kappa shape index (κ3) is 3.81. The van der Waals surface area contributed by atoms with Crippen LogP contribution in [0.2, 0.25) is 4.34 Å². The first kappa shape index (κ1) is 13.1. The Morgan fingerprint density at radius 3 is 3.06 bits per heavy atom. The van der Waals surface area contributed by atoms with Crippen LogP contribution in [0, 0.1) is 0 Å². The predicted molar refractivity (Wildman–Crippen MR) is 75.6 cm³/mol. The molecule has 0 fully saturated rings. The smallest absolute Gasteiger partial charge is 0.107 e. The van der Waals surface area contributed by atoms with Crippen LogP contribution in [0.25, 0.3) is 0 Å². The first-order chi connectivity index (χ1) is 8.15. The standard InChI is InChI=1S/C11H13BrClN3S/c1-8(6-16-3-2-14-7-16)15-5-9-4-10(12)11(13)17-9/h2-4,7-8,15H,5-6H2,1H3. The minimum absolute atomic E-state index is 0.392. The first-order valence-electron chi connectivity index (χ1n) is 5.28. The summed E-state index contributed by atoms with van der Waals surface area (Å²) in [5.74, 6) is 0. The maximum absolute atomic E-state index is 5.99. The molecule has 1 atom stereocenters. The first-order valence-corrected chi connectivity index (χ1v) is 7.26. The summed E-state index contributed by atoms with van der Waals surface area (Å²) >= 11 is 11.0. The number of thiophene rings is 1. The van der Waals surface area contributed by atoms with Crippen molar-refractivity contribution in [1.29, 1.82) is 0 Å². The molecule has 17 heavy (non-hydrogen) atoms. The van der Waals surface area contributed by atoms with Crippen LogP contribution in [-0.2, 0) is 13.1 Å². The Morgan fingerprint density at radius 2 is 2.47 bits per heavy atom. The summed E-state index contributed by atoms with van der Waals surface area (Å²) in [6.07, 6.45) is 5.59. The largest absolute Gasteiger partial charge is 0.336 e. The van der Waals surface area contributed by atoms with Crippen molar-refractivity contribution in [1.82, 2.24) is 14.9 Å². The van der Waals surface area contributed by atoms with Crippen LogP contribution in [0.15, 0.2) is 29.3 Å². The normalized spacial score (nSPS) is 12.9. The lowest BCUT2D eigenvalue weighted by Gasteiger charge is -2.13. The van der Waals surface area contributed by atoms with Crippen LogP contribution >= 0.6 is 38.9 Å². The van der Waals surface area contributed by atoms with Gasteiger partial charge in [-0.2, -0.15) is 0 Å². The number of hydrogen-bond donors (Lipinski definition) is 1. The Balaban J connectivity index is 1.81. The van der Waals surface area contributed by atoms with Gasteiger partial charge in [0.15, 0.2) is 0 Å². The van der Waals surface area contributed by atoms with Crippen molar-refractivity contribution in [2.75, 3.05) is 0 Å². The highest BCUT2D eigenvalue weighted by molar-refractivity contribution is 9.10. The summed E-state index contributed by atoms with van der Waals surface area (Å²) in [4.78, 5) is 5.26. The van der Waals surface area contributed by atoms with E-state index < -0.39 is 0 Å². The molecular formula is C11H13BrClN3S. The van der Waals surface area contributed by atoms with Gasteiger partial charge in [-0.25, -0.2) is 4.98 Å². The third-order valence-electron chi connectivity index (χ3n) is 2.36. The van der Waals surface area contributed by atoms with E-state index in [4.69, 9.17) is 11.6 Å². The summed E-state index contributed by atoms with van der Waals surface area (Å²) in [5, 5.41) is 3.46. The maximum atomic E-state index is 5.99. The highest BCUT2D eigenvalue weighted by Crippen LogP contribution is 2.31. The topological polar surface area (TPSA) is 29.9 Å². The molecule has 1 unspecified atom stereocenters. The summed E-state index contributed by atoms with van der Waals surface area (Å²) in [7, 11) is 0. The Bertz CT molecular complexity index is 450. The van der Waals surface area contributed by atoms with Crippen molar-refractivity contribution in [3.63, 3.8) is 0 Å². The maximum Gasteiger partial charge on any atom is 0.107 e. The third-order valence-corrected chi connectivity index (χ3v) is 4.84. The molecule has 3 nitrogen and oxygen atoms in total. The Kier molecular flexibility index (Phi) is 4.62. The summed E-state index contributed by atoms with van der Waals surface area (Å²) < 4.78 is 3.85. The number of imidazole rings is 1. The number of nitrogens with one attached hydrogen (secondary N) is 1. The number of nitrogens with zero attached hydrogens (tertiary/aromatic N) is 2. The van der Waals surface area contributed by atoms with Gasteiger partial charge in [0.2, 0.25) is 0 Å². The van der Waals surface area contributed by atoms with Gasteiger partial charge in [0.1, 0.15) is 4.34 Å². The Hall–Kier alpha value is -0.360.